The summed E-state index contributed by atoms with van der Waals surface area (Å²) >= 11 is 0. The minimum atomic E-state index is -4.17. The minimum absolute atomic E-state index is 0.0714. The SMILES string of the molecule is C[C@H](NS(=O)(=O)c1cc(S(=O)(=O)N[C@H](C)C2C3CC4CC(C3)CC2C4)c2c3c(cccc13)C(=O)N2)C1C2CC3CC(C2)CC1C3. The van der Waals surface area contributed by atoms with Gasteiger partial charge >= 0.3 is 0 Å². The van der Waals surface area contributed by atoms with Crippen LogP contribution in [0, 0.1) is 59.2 Å². The molecule has 8 bridgehead atoms. The molecule has 3 N–H and O–H groups in total. The highest BCUT2D eigenvalue weighted by atomic mass is 32.2. The largest absolute Gasteiger partial charge is 0.320 e. The van der Waals surface area contributed by atoms with Crippen LogP contribution in [0.1, 0.15) is 88.4 Å². The maximum Gasteiger partial charge on any atom is 0.256 e. The molecule has 45 heavy (non-hydrogen) atoms. The van der Waals surface area contributed by atoms with Crippen molar-refractivity contribution in [2.75, 3.05) is 5.32 Å². The number of sulfonamides is 2. The molecule has 2 atom stereocenters. The molecule has 1 aliphatic heterocycles. The second-order valence-corrected chi connectivity index (χ2v) is 19.6. The van der Waals surface area contributed by atoms with Gasteiger partial charge in [0.05, 0.1) is 10.6 Å². The summed E-state index contributed by atoms with van der Waals surface area (Å²) in [7, 11) is -8.29. The summed E-state index contributed by atoms with van der Waals surface area (Å²) in [6, 6.07) is 5.75. The molecule has 8 aliphatic carbocycles. The number of benzene rings is 2. The average molecular weight is 652 g/mol. The van der Waals surface area contributed by atoms with Gasteiger partial charge in [-0.2, -0.15) is 0 Å². The topological polar surface area (TPSA) is 121 Å². The molecule has 0 saturated heterocycles. The van der Waals surface area contributed by atoms with Crippen molar-refractivity contribution in [1.29, 1.82) is 0 Å². The second-order valence-electron chi connectivity index (χ2n) is 16.3. The van der Waals surface area contributed by atoms with E-state index in [-0.39, 0.29) is 33.5 Å². The minimum Gasteiger partial charge on any atom is -0.320 e. The van der Waals surface area contributed by atoms with E-state index >= 15 is 0 Å². The first-order valence-corrected chi connectivity index (χ1v) is 20.4. The second kappa shape index (κ2) is 10.0. The summed E-state index contributed by atoms with van der Waals surface area (Å²) in [5.74, 6) is 5.44. The summed E-state index contributed by atoms with van der Waals surface area (Å²) in [5, 5.41) is 3.53. The van der Waals surface area contributed by atoms with Crippen LogP contribution in [0.5, 0.6) is 0 Å². The van der Waals surface area contributed by atoms with E-state index in [9.17, 15) is 21.6 Å². The third-order valence-electron chi connectivity index (χ3n) is 13.6. The molecule has 0 spiro atoms. The highest BCUT2D eigenvalue weighted by Gasteiger charge is 2.52. The Morgan fingerprint density at radius 3 is 1.58 bits per heavy atom. The lowest BCUT2D eigenvalue weighted by atomic mass is 9.51. The van der Waals surface area contributed by atoms with E-state index in [1.165, 1.54) is 70.3 Å². The molecule has 8 nitrogen and oxygen atoms in total. The molecule has 8 saturated carbocycles. The molecule has 2 aromatic carbocycles. The van der Waals surface area contributed by atoms with E-state index in [2.05, 4.69) is 14.8 Å². The standard InChI is InChI=1S/C35H45N3O5S2/c1-17(31-23-8-19-6-20(10-23)11-24(31)9-19)37-44(40,41)29-16-30(34-33-27(29)4-3-5-28(33)35(39)36-34)45(42,43)38-18(2)32-25-12-21-7-22(14-25)15-26(32)13-21/h3-5,16-26,31-32,37-38H,6-15H2,1-2H3,(H,36,39)/t17-,18+,19?,20?,21?,22?,23?,24?,25?,26?,31?,32?/m0/s1. The first kappa shape index (κ1) is 29.2. The zero-order valence-corrected chi connectivity index (χ0v) is 27.8. The summed E-state index contributed by atoms with van der Waals surface area (Å²) in [6.45, 7) is 3.96. The lowest BCUT2D eigenvalue weighted by Crippen LogP contribution is -2.53. The number of amides is 1. The third kappa shape index (κ3) is 4.51. The third-order valence-corrected chi connectivity index (χ3v) is 16.8. The van der Waals surface area contributed by atoms with Crippen LogP contribution < -0.4 is 14.8 Å². The number of anilines is 1. The first-order chi connectivity index (χ1) is 21.4. The normalized spacial score (nSPS) is 39.0. The highest BCUT2D eigenvalue weighted by Crippen LogP contribution is 2.58. The van der Waals surface area contributed by atoms with Gasteiger partial charge in [0.25, 0.3) is 5.91 Å². The van der Waals surface area contributed by atoms with Gasteiger partial charge in [-0.05, 0) is 149 Å². The molecule has 2 aromatic rings. The summed E-state index contributed by atoms with van der Waals surface area (Å²) < 4.78 is 63.2. The Labute approximate surface area is 267 Å². The van der Waals surface area contributed by atoms with Crippen LogP contribution in [0.25, 0.3) is 10.8 Å². The van der Waals surface area contributed by atoms with Gasteiger partial charge < -0.3 is 5.32 Å². The number of hydrogen-bond donors (Lipinski definition) is 3. The van der Waals surface area contributed by atoms with Crippen molar-refractivity contribution in [2.45, 2.75) is 99.9 Å². The van der Waals surface area contributed by atoms with Gasteiger partial charge in [0.15, 0.2) is 0 Å². The molecule has 10 heteroatoms. The number of carbonyl (C=O) groups is 1. The molecule has 242 valence electrons. The van der Waals surface area contributed by atoms with Gasteiger partial charge in [-0.15, -0.1) is 0 Å². The molecule has 0 radical (unpaired) electrons. The van der Waals surface area contributed by atoms with Crippen LogP contribution >= 0.6 is 0 Å². The van der Waals surface area contributed by atoms with E-state index in [0.29, 0.717) is 45.9 Å². The van der Waals surface area contributed by atoms with E-state index in [4.69, 9.17) is 0 Å². The van der Waals surface area contributed by atoms with Crippen LogP contribution in [-0.2, 0) is 20.0 Å². The van der Waals surface area contributed by atoms with Crippen molar-refractivity contribution in [3.63, 3.8) is 0 Å². The fourth-order valence-corrected chi connectivity index (χ4v) is 15.7. The summed E-state index contributed by atoms with van der Waals surface area (Å²) in [4.78, 5) is 12.8. The fourth-order valence-electron chi connectivity index (χ4n) is 12.7. The maximum atomic E-state index is 14.3. The molecule has 9 aliphatic rings. The number of hydrogen-bond acceptors (Lipinski definition) is 5. The van der Waals surface area contributed by atoms with Crippen molar-refractivity contribution < 1.29 is 21.6 Å². The molecule has 8 fully saturated rings. The van der Waals surface area contributed by atoms with E-state index in [1.54, 1.807) is 18.2 Å². The van der Waals surface area contributed by atoms with E-state index in [0.717, 1.165) is 23.7 Å². The van der Waals surface area contributed by atoms with Gasteiger partial charge in [0.2, 0.25) is 20.0 Å². The van der Waals surface area contributed by atoms with Crippen LogP contribution in [-0.4, -0.2) is 34.8 Å². The van der Waals surface area contributed by atoms with Crippen molar-refractivity contribution >= 4 is 42.4 Å². The number of carbonyl (C=O) groups excluding carboxylic acids is 1. The van der Waals surface area contributed by atoms with Crippen molar-refractivity contribution in [1.82, 2.24) is 9.44 Å². The zero-order chi connectivity index (χ0) is 31.0. The first-order valence-electron chi connectivity index (χ1n) is 17.4. The average Bonchev–Trinajstić information content (AvgIpc) is 3.28. The Kier molecular flexibility index (Phi) is 6.48. The molecule has 1 amide bonds. The Balaban J connectivity index is 1.07. The summed E-state index contributed by atoms with van der Waals surface area (Å²) in [5.41, 5.74) is 0.489. The lowest BCUT2D eigenvalue weighted by molar-refractivity contribution is -0.0464. The fraction of sp³-hybridized carbons (Fsp3) is 0.686. The monoisotopic (exact) mass is 651 g/mol. The maximum absolute atomic E-state index is 14.3. The van der Waals surface area contributed by atoms with Crippen LogP contribution in [0.4, 0.5) is 5.69 Å². The van der Waals surface area contributed by atoms with E-state index < -0.39 is 26.0 Å². The van der Waals surface area contributed by atoms with Gasteiger partial charge in [0, 0.05) is 28.4 Å². The molecular weight excluding hydrogens is 607 g/mol. The van der Waals surface area contributed by atoms with Crippen molar-refractivity contribution in [3.05, 3.63) is 29.8 Å². The van der Waals surface area contributed by atoms with Gasteiger partial charge in [-0.1, -0.05) is 12.1 Å². The highest BCUT2D eigenvalue weighted by molar-refractivity contribution is 7.90. The zero-order valence-electron chi connectivity index (χ0n) is 26.2. The van der Waals surface area contributed by atoms with Gasteiger partial charge in [-0.3, -0.25) is 4.79 Å². The molecular formula is C35H45N3O5S2. The predicted molar refractivity (Wildman–Crippen MR) is 173 cm³/mol. The van der Waals surface area contributed by atoms with Crippen LogP contribution in [0.2, 0.25) is 0 Å². The summed E-state index contributed by atoms with van der Waals surface area (Å²) in [6.07, 6.45) is 12.1. The Hall–Kier alpha value is -2.01. The van der Waals surface area contributed by atoms with Crippen LogP contribution in [0.15, 0.2) is 34.1 Å². The van der Waals surface area contributed by atoms with E-state index in [1.807, 2.05) is 13.8 Å². The Bertz CT molecular complexity index is 1770. The molecule has 11 rings (SSSR count). The molecule has 0 unspecified atom stereocenters. The number of rotatable bonds is 8. The van der Waals surface area contributed by atoms with Gasteiger partial charge in [0.1, 0.15) is 4.90 Å². The Morgan fingerprint density at radius 1 is 0.667 bits per heavy atom. The smallest absolute Gasteiger partial charge is 0.256 e. The van der Waals surface area contributed by atoms with Gasteiger partial charge in [-0.25, -0.2) is 26.3 Å². The lowest BCUT2D eigenvalue weighted by Gasteiger charge is -2.56. The number of nitrogens with one attached hydrogen (secondary N) is 3. The van der Waals surface area contributed by atoms with Crippen LogP contribution in [0.3, 0.4) is 0 Å². The predicted octanol–water partition coefficient (Wildman–Crippen LogP) is 5.88. The quantitative estimate of drug-likeness (QED) is 0.329. The molecule has 0 aromatic heterocycles. The van der Waals surface area contributed by atoms with Crippen molar-refractivity contribution in [2.24, 2.45) is 59.2 Å². The molecule has 1 heterocycles. The van der Waals surface area contributed by atoms with Crippen molar-refractivity contribution in [3.8, 4) is 0 Å². The Morgan fingerprint density at radius 2 is 1.11 bits per heavy atom.